The summed E-state index contributed by atoms with van der Waals surface area (Å²) >= 11 is 8.45. The van der Waals surface area contributed by atoms with Gasteiger partial charge in [-0.1, -0.05) is 32.4 Å². The fraction of sp³-hybridized carbons (Fsp3) is 0.750. The zero-order valence-corrected chi connectivity index (χ0v) is 16.2. The highest BCUT2D eigenvalue weighted by molar-refractivity contribution is 14.1. The van der Waals surface area contributed by atoms with E-state index in [0.29, 0.717) is 23.1 Å². The molecule has 21 heavy (non-hydrogen) atoms. The Kier molecular flexibility index (Phi) is 5.88. The minimum atomic E-state index is 0.400. The molecular weight excluding hydrogens is 399 g/mol. The summed E-state index contributed by atoms with van der Waals surface area (Å²) in [5.41, 5.74) is 1.31. The van der Waals surface area contributed by atoms with E-state index in [2.05, 4.69) is 48.3 Å². The average molecular weight is 423 g/mol. The minimum Gasteiger partial charge on any atom is -0.378 e. The lowest BCUT2D eigenvalue weighted by Crippen LogP contribution is -2.26. The molecule has 1 aliphatic carbocycles. The van der Waals surface area contributed by atoms with Crippen LogP contribution in [0, 0.1) is 14.9 Å². The number of hydrogen-bond acceptors (Lipinski definition) is 3. The predicted octanol–water partition coefficient (Wildman–Crippen LogP) is 5.20. The van der Waals surface area contributed by atoms with E-state index in [4.69, 9.17) is 21.3 Å². The van der Waals surface area contributed by atoms with Crippen molar-refractivity contribution in [3.63, 3.8) is 0 Å². The van der Waals surface area contributed by atoms with E-state index in [1.165, 1.54) is 12.8 Å². The molecule has 0 saturated heterocycles. The molecule has 1 aromatic rings. The van der Waals surface area contributed by atoms with Crippen molar-refractivity contribution in [1.82, 2.24) is 9.97 Å². The maximum absolute atomic E-state index is 6.26. The molecule has 5 heteroatoms. The molecule has 2 rings (SSSR count). The van der Waals surface area contributed by atoms with Gasteiger partial charge in [0.15, 0.2) is 0 Å². The van der Waals surface area contributed by atoms with Crippen molar-refractivity contribution in [2.24, 2.45) is 11.3 Å². The maximum atomic E-state index is 6.26. The Morgan fingerprint density at radius 1 is 1.19 bits per heavy atom. The SMILES string of the molecule is COCc1nc(C2CCC(C(C)(C)C)CC2)nc(Cl)c1I. The molecule has 3 nitrogen and oxygen atoms in total. The average Bonchev–Trinajstić information content (AvgIpc) is 2.43. The third-order valence-electron chi connectivity index (χ3n) is 4.49. The van der Waals surface area contributed by atoms with Gasteiger partial charge in [0.2, 0.25) is 0 Å². The second-order valence-corrected chi connectivity index (χ2v) is 8.42. The number of hydrogen-bond donors (Lipinski definition) is 0. The molecule has 0 aromatic carbocycles. The highest BCUT2D eigenvalue weighted by Crippen LogP contribution is 2.42. The van der Waals surface area contributed by atoms with Gasteiger partial charge in [0.1, 0.15) is 11.0 Å². The summed E-state index contributed by atoms with van der Waals surface area (Å²) in [4.78, 5) is 9.22. The summed E-state index contributed by atoms with van der Waals surface area (Å²) < 4.78 is 6.12. The molecule has 0 aliphatic heterocycles. The van der Waals surface area contributed by atoms with Crippen molar-refractivity contribution in [2.75, 3.05) is 7.11 Å². The molecule has 0 unspecified atom stereocenters. The van der Waals surface area contributed by atoms with Crippen LogP contribution in [0.1, 0.15) is 63.9 Å². The van der Waals surface area contributed by atoms with E-state index < -0.39 is 0 Å². The van der Waals surface area contributed by atoms with Gasteiger partial charge in [-0.3, -0.25) is 0 Å². The molecule has 1 fully saturated rings. The first-order valence-electron chi connectivity index (χ1n) is 7.53. The van der Waals surface area contributed by atoms with Gasteiger partial charge in [-0.15, -0.1) is 0 Å². The standard InChI is InChI=1S/C16H24ClIN2O/c1-16(2,3)11-7-5-10(6-8-11)15-19-12(9-21-4)13(18)14(17)20-15/h10-11H,5-9H2,1-4H3. The first-order chi connectivity index (χ1) is 9.82. The van der Waals surface area contributed by atoms with Gasteiger partial charge in [-0.25, -0.2) is 9.97 Å². The smallest absolute Gasteiger partial charge is 0.146 e. The first kappa shape index (κ1) is 17.4. The number of halogens is 2. The van der Waals surface area contributed by atoms with Crippen molar-refractivity contribution in [3.8, 4) is 0 Å². The van der Waals surface area contributed by atoms with Gasteiger partial charge in [-0.2, -0.15) is 0 Å². The highest BCUT2D eigenvalue weighted by Gasteiger charge is 2.31. The van der Waals surface area contributed by atoms with Crippen LogP contribution in [0.3, 0.4) is 0 Å². The van der Waals surface area contributed by atoms with E-state index in [1.807, 2.05) is 0 Å². The molecule has 0 bridgehead atoms. The van der Waals surface area contributed by atoms with Crippen LogP contribution in [0.4, 0.5) is 0 Å². The fourth-order valence-electron chi connectivity index (χ4n) is 3.11. The number of rotatable bonds is 3. The molecule has 1 saturated carbocycles. The molecule has 118 valence electrons. The lowest BCUT2D eigenvalue weighted by atomic mass is 9.69. The third-order valence-corrected chi connectivity index (χ3v) is 6.22. The Morgan fingerprint density at radius 3 is 2.33 bits per heavy atom. The van der Waals surface area contributed by atoms with E-state index in [9.17, 15) is 0 Å². The van der Waals surface area contributed by atoms with E-state index in [-0.39, 0.29) is 0 Å². The van der Waals surface area contributed by atoms with E-state index >= 15 is 0 Å². The number of methoxy groups -OCH3 is 1. The zero-order valence-electron chi connectivity index (χ0n) is 13.2. The molecular formula is C16H24ClIN2O. The maximum Gasteiger partial charge on any atom is 0.146 e. The van der Waals surface area contributed by atoms with Gasteiger partial charge in [-0.05, 0) is 59.6 Å². The van der Waals surface area contributed by atoms with E-state index in [1.54, 1.807) is 7.11 Å². The van der Waals surface area contributed by atoms with Crippen LogP contribution in [-0.2, 0) is 11.3 Å². The normalized spacial score (nSPS) is 23.3. The van der Waals surface area contributed by atoms with Crippen LogP contribution < -0.4 is 0 Å². The Hall–Kier alpha value is 0.0600. The molecule has 0 spiro atoms. The summed E-state index contributed by atoms with van der Waals surface area (Å²) in [7, 11) is 1.68. The number of nitrogens with zero attached hydrogens (tertiary/aromatic N) is 2. The quantitative estimate of drug-likeness (QED) is 0.496. The van der Waals surface area contributed by atoms with Crippen LogP contribution in [0.2, 0.25) is 5.15 Å². The third kappa shape index (κ3) is 4.29. The second kappa shape index (κ2) is 7.09. The van der Waals surface area contributed by atoms with Crippen LogP contribution >= 0.6 is 34.2 Å². The largest absolute Gasteiger partial charge is 0.378 e. The Bertz CT molecular complexity index is 494. The van der Waals surface area contributed by atoms with Gasteiger partial charge in [0.25, 0.3) is 0 Å². The summed E-state index contributed by atoms with van der Waals surface area (Å²) in [5, 5.41) is 0.561. The molecule has 1 heterocycles. The Balaban J connectivity index is 2.13. The lowest BCUT2D eigenvalue weighted by Gasteiger charge is -2.36. The summed E-state index contributed by atoms with van der Waals surface area (Å²) in [5.74, 6) is 2.14. The van der Waals surface area contributed by atoms with Crippen LogP contribution in [0.5, 0.6) is 0 Å². The molecule has 0 amide bonds. The van der Waals surface area contributed by atoms with E-state index in [0.717, 1.165) is 33.8 Å². The van der Waals surface area contributed by atoms with Gasteiger partial charge in [0, 0.05) is 13.0 Å². The fourth-order valence-corrected chi connectivity index (χ4v) is 3.71. The first-order valence-corrected chi connectivity index (χ1v) is 8.99. The van der Waals surface area contributed by atoms with Crippen molar-refractivity contribution in [2.45, 2.75) is 59.0 Å². The minimum absolute atomic E-state index is 0.400. The zero-order chi connectivity index (χ0) is 15.6. The number of aromatic nitrogens is 2. The monoisotopic (exact) mass is 422 g/mol. The Morgan fingerprint density at radius 2 is 1.81 bits per heavy atom. The molecule has 0 N–H and O–H groups in total. The summed E-state index contributed by atoms with van der Waals surface area (Å²) in [6.45, 7) is 7.51. The van der Waals surface area contributed by atoms with Gasteiger partial charge >= 0.3 is 0 Å². The Labute approximate surface area is 146 Å². The lowest BCUT2D eigenvalue weighted by molar-refractivity contribution is 0.165. The van der Waals surface area contributed by atoms with Crippen molar-refractivity contribution in [1.29, 1.82) is 0 Å². The number of ether oxygens (including phenoxy) is 1. The van der Waals surface area contributed by atoms with Crippen molar-refractivity contribution in [3.05, 3.63) is 20.2 Å². The molecule has 1 aromatic heterocycles. The second-order valence-electron chi connectivity index (χ2n) is 6.98. The molecule has 0 atom stereocenters. The predicted molar refractivity (Wildman–Crippen MR) is 94.6 cm³/mol. The summed E-state index contributed by atoms with van der Waals surface area (Å²) in [6.07, 6.45) is 4.82. The van der Waals surface area contributed by atoms with Crippen molar-refractivity contribution >= 4 is 34.2 Å². The molecule has 1 aliphatic rings. The van der Waals surface area contributed by atoms with Crippen LogP contribution in [0.15, 0.2) is 0 Å². The van der Waals surface area contributed by atoms with Gasteiger partial charge in [0.05, 0.1) is 15.9 Å². The van der Waals surface area contributed by atoms with Crippen LogP contribution in [-0.4, -0.2) is 17.1 Å². The topological polar surface area (TPSA) is 35.0 Å². The summed E-state index contributed by atoms with van der Waals surface area (Å²) in [6, 6.07) is 0. The van der Waals surface area contributed by atoms with Crippen molar-refractivity contribution < 1.29 is 4.74 Å². The highest BCUT2D eigenvalue weighted by atomic mass is 127. The molecule has 0 radical (unpaired) electrons. The van der Waals surface area contributed by atoms with Gasteiger partial charge < -0.3 is 4.74 Å². The van der Waals surface area contributed by atoms with Crippen LogP contribution in [0.25, 0.3) is 0 Å².